The van der Waals surface area contributed by atoms with Crippen LogP contribution in [0.25, 0.3) is 5.69 Å². The summed E-state index contributed by atoms with van der Waals surface area (Å²) in [5, 5.41) is 9.97. The third-order valence-corrected chi connectivity index (χ3v) is 3.80. The number of nitrogen functional groups attached to an aromatic ring is 1. The van der Waals surface area contributed by atoms with Crippen LogP contribution in [0.15, 0.2) is 23.0 Å². The van der Waals surface area contributed by atoms with Gasteiger partial charge in [0.25, 0.3) is 11.5 Å². The van der Waals surface area contributed by atoms with E-state index in [4.69, 9.17) is 11.5 Å². The van der Waals surface area contributed by atoms with E-state index in [0.29, 0.717) is 11.3 Å². The first kappa shape index (κ1) is 16.4. The van der Waals surface area contributed by atoms with Crippen molar-refractivity contribution < 1.29 is 9.90 Å². The van der Waals surface area contributed by atoms with Gasteiger partial charge < -0.3 is 21.5 Å². The van der Waals surface area contributed by atoms with Crippen LogP contribution in [0.1, 0.15) is 21.5 Å². The van der Waals surface area contributed by atoms with Crippen LogP contribution >= 0.6 is 0 Å². The number of anilines is 2. The van der Waals surface area contributed by atoms with Crippen molar-refractivity contribution >= 4 is 17.4 Å². The molecule has 2 rings (SSSR count). The highest BCUT2D eigenvalue weighted by atomic mass is 16.3. The summed E-state index contributed by atoms with van der Waals surface area (Å²) in [5.41, 5.74) is 13.0. The van der Waals surface area contributed by atoms with E-state index < -0.39 is 11.5 Å². The maximum Gasteiger partial charge on any atom is 0.280 e. The lowest BCUT2D eigenvalue weighted by atomic mass is 10.1. The van der Waals surface area contributed by atoms with E-state index in [1.165, 1.54) is 10.6 Å². The van der Waals surface area contributed by atoms with Crippen molar-refractivity contribution in [1.82, 2.24) is 4.57 Å². The Hall–Kier alpha value is -2.96. The van der Waals surface area contributed by atoms with Crippen LogP contribution in [0.4, 0.5) is 11.5 Å². The van der Waals surface area contributed by atoms with Crippen molar-refractivity contribution in [1.29, 1.82) is 0 Å². The normalized spacial score (nSPS) is 10.6. The number of pyridine rings is 1. The van der Waals surface area contributed by atoms with Gasteiger partial charge in [0.05, 0.1) is 11.3 Å². The second-order valence-electron chi connectivity index (χ2n) is 5.60. The van der Waals surface area contributed by atoms with Gasteiger partial charge in [0.15, 0.2) is 0 Å². The zero-order chi connectivity index (χ0) is 17.5. The number of aromatic hydroxyl groups is 1. The van der Waals surface area contributed by atoms with Crippen LogP contribution in [0.5, 0.6) is 5.75 Å². The van der Waals surface area contributed by atoms with Crippen molar-refractivity contribution in [2.75, 3.05) is 24.7 Å². The van der Waals surface area contributed by atoms with E-state index in [-0.39, 0.29) is 22.8 Å². The molecule has 0 saturated heterocycles. The number of aryl methyl sites for hydroxylation is 1. The second-order valence-corrected chi connectivity index (χ2v) is 5.60. The van der Waals surface area contributed by atoms with Crippen LogP contribution in [-0.4, -0.2) is 29.7 Å². The zero-order valence-electron chi connectivity index (χ0n) is 13.5. The quantitative estimate of drug-likeness (QED) is 0.778. The number of rotatable bonds is 3. The molecular weight excluding hydrogens is 296 g/mol. The maximum absolute atomic E-state index is 12.8. The first-order chi connectivity index (χ1) is 10.7. The molecule has 0 saturated carbocycles. The Bertz CT molecular complexity index is 853. The average Bonchev–Trinajstić information content (AvgIpc) is 2.45. The summed E-state index contributed by atoms with van der Waals surface area (Å²) >= 11 is 0. The van der Waals surface area contributed by atoms with Crippen molar-refractivity contribution in [2.45, 2.75) is 13.8 Å². The van der Waals surface area contributed by atoms with Crippen LogP contribution in [0.3, 0.4) is 0 Å². The fraction of sp³-hybridized carbons (Fsp3) is 0.250. The average molecular weight is 316 g/mol. The number of amides is 1. The lowest BCUT2D eigenvalue weighted by Crippen LogP contribution is -2.31. The summed E-state index contributed by atoms with van der Waals surface area (Å²) < 4.78 is 1.22. The Morgan fingerprint density at radius 2 is 1.87 bits per heavy atom. The molecule has 1 amide bonds. The standard InChI is InChI=1S/C16H20N4O3/c1-8-5-6-12(21)9(2)13(8)20-14(17)10(15(18)22)7-11(16(20)23)19(3)4/h5-7,21H,17H2,1-4H3,(H2,18,22). The van der Waals surface area contributed by atoms with Crippen molar-refractivity contribution in [3.8, 4) is 11.4 Å². The van der Waals surface area contributed by atoms with Gasteiger partial charge in [-0.05, 0) is 31.5 Å². The third-order valence-electron chi connectivity index (χ3n) is 3.80. The van der Waals surface area contributed by atoms with Crippen molar-refractivity contribution in [2.24, 2.45) is 5.73 Å². The number of primary amides is 1. The van der Waals surface area contributed by atoms with E-state index in [0.717, 1.165) is 5.56 Å². The molecule has 5 N–H and O–H groups in total. The molecule has 1 heterocycles. The van der Waals surface area contributed by atoms with Gasteiger partial charge in [-0.3, -0.25) is 14.2 Å². The number of benzene rings is 1. The van der Waals surface area contributed by atoms with E-state index in [1.54, 1.807) is 45.0 Å². The summed E-state index contributed by atoms with van der Waals surface area (Å²) in [6.07, 6.45) is 0. The molecule has 0 unspecified atom stereocenters. The SMILES string of the molecule is Cc1ccc(O)c(C)c1-n1c(N)c(C(N)=O)cc(N(C)C)c1=O. The summed E-state index contributed by atoms with van der Waals surface area (Å²) in [6.45, 7) is 3.47. The Labute approximate surface area is 133 Å². The minimum Gasteiger partial charge on any atom is -0.508 e. The minimum absolute atomic E-state index is 0.0350. The summed E-state index contributed by atoms with van der Waals surface area (Å²) in [4.78, 5) is 26.1. The molecule has 0 spiro atoms. The smallest absolute Gasteiger partial charge is 0.280 e. The highest BCUT2D eigenvalue weighted by molar-refractivity contribution is 5.98. The van der Waals surface area contributed by atoms with Gasteiger partial charge in [-0.2, -0.15) is 0 Å². The molecule has 7 heteroatoms. The van der Waals surface area contributed by atoms with Crippen LogP contribution in [-0.2, 0) is 0 Å². The van der Waals surface area contributed by atoms with Gasteiger partial charge >= 0.3 is 0 Å². The molecule has 0 bridgehead atoms. The number of hydrogen-bond donors (Lipinski definition) is 3. The Balaban J connectivity index is 3.01. The Morgan fingerprint density at radius 3 is 2.39 bits per heavy atom. The monoisotopic (exact) mass is 316 g/mol. The first-order valence-corrected chi connectivity index (χ1v) is 6.99. The topological polar surface area (TPSA) is 115 Å². The number of hydrogen-bond acceptors (Lipinski definition) is 5. The van der Waals surface area contributed by atoms with Gasteiger partial charge in [-0.1, -0.05) is 6.07 Å². The second kappa shape index (κ2) is 5.68. The van der Waals surface area contributed by atoms with Gasteiger partial charge in [0.2, 0.25) is 0 Å². The van der Waals surface area contributed by atoms with Gasteiger partial charge in [0.1, 0.15) is 17.3 Å². The predicted octanol–water partition coefficient (Wildman–Crippen LogP) is 0.907. The van der Waals surface area contributed by atoms with Crippen LogP contribution in [0, 0.1) is 13.8 Å². The lowest BCUT2D eigenvalue weighted by molar-refractivity contribution is 0.100. The van der Waals surface area contributed by atoms with E-state index in [9.17, 15) is 14.7 Å². The Kier molecular flexibility index (Phi) is 4.05. The minimum atomic E-state index is -0.727. The van der Waals surface area contributed by atoms with Gasteiger partial charge in [0, 0.05) is 19.7 Å². The summed E-state index contributed by atoms with van der Waals surface area (Å²) in [6, 6.07) is 4.60. The van der Waals surface area contributed by atoms with E-state index in [1.807, 2.05) is 0 Å². The molecule has 0 aliphatic heterocycles. The van der Waals surface area contributed by atoms with Gasteiger partial charge in [-0.25, -0.2) is 0 Å². The molecule has 0 atom stereocenters. The molecule has 1 aromatic heterocycles. The zero-order valence-corrected chi connectivity index (χ0v) is 13.5. The van der Waals surface area contributed by atoms with E-state index in [2.05, 4.69) is 0 Å². The summed E-state index contributed by atoms with van der Waals surface area (Å²) in [7, 11) is 3.37. The number of carbonyl (C=O) groups is 1. The third kappa shape index (κ3) is 2.61. The number of carbonyl (C=O) groups excluding carboxylic acids is 1. The number of aromatic nitrogens is 1. The fourth-order valence-electron chi connectivity index (χ4n) is 2.53. The van der Waals surface area contributed by atoms with E-state index >= 15 is 0 Å². The molecule has 7 nitrogen and oxygen atoms in total. The number of phenols is 1. The maximum atomic E-state index is 12.8. The van der Waals surface area contributed by atoms with Crippen LogP contribution in [0.2, 0.25) is 0 Å². The molecule has 0 aliphatic rings. The molecule has 1 aromatic carbocycles. The molecule has 23 heavy (non-hydrogen) atoms. The number of phenolic OH excluding ortho intramolecular Hbond substituents is 1. The number of nitrogens with zero attached hydrogens (tertiary/aromatic N) is 2. The molecule has 0 aliphatic carbocycles. The molecule has 0 fully saturated rings. The lowest BCUT2D eigenvalue weighted by Gasteiger charge is -2.21. The number of nitrogens with two attached hydrogens (primary N) is 2. The first-order valence-electron chi connectivity index (χ1n) is 6.99. The highest BCUT2D eigenvalue weighted by Gasteiger charge is 2.21. The van der Waals surface area contributed by atoms with Crippen molar-refractivity contribution in [3.63, 3.8) is 0 Å². The molecule has 0 radical (unpaired) electrons. The molecular formula is C16H20N4O3. The molecule has 122 valence electrons. The van der Waals surface area contributed by atoms with Gasteiger partial charge in [-0.15, -0.1) is 0 Å². The Morgan fingerprint density at radius 1 is 1.26 bits per heavy atom. The molecule has 2 aromatic rings. The fourth-order valence-corrected chi connectivity index (χ4v) is 2.53. The predicted molar refractivity (Wildman–Crippen MR) is 90.4 cm³/mol. The van der Waals surface area contributed by atoms with Crippen LogP contribution < -0.4 is 21.9 Å². The van der Waals surface area contributed by atoms with Crippen molar-refractivity contribution in [3.05, 3.63) is 45.2 Å². The summed E-state index contributed by atoms with van der Waals surface area (Å²) in [5.74, 6) is -0.743. The largest absolute Gasteiger partial charge is 0.508 e. The highest BCUT2D eigenvalue weighted by Crippen LogP contribution is 2.29.